The van der Waals surface area contributed by atoms with E-state index in [1.165, 1.54) is 17.2 Å². The Morgan fingerprint density at radius 1 is 1.21 bits per heavy atom. The topological polar surface area (TPSA) is 35.5 Å². The molecule has 0 fully saturated rings. The van der Waals surface area contributed by atoms with Crippen molar-refractivity contribution in [1.82, 2.24) is 0 Å². The average molecular weight is 320 g/mol. The van der Waals surface area contributed by atoms with Crippen LogP contribution in [0.3, 0.4) is 0 Å². The smallest absolute Gasteiger partial charge is 0.335 e. The third-order valence-corrected chi connectivity index (χ3v) is 5.24. The van der Waals surface area contributed by atoms with E-state index in [0.717, 1.165) is 34.1 Å². The number of esters is 1. The predicted molar refractivity (Wildman–Crippen MR) is 94.9 cm³/mol. The molecule has 3 nitrogen and oxygen atoms in total. The molecule has 0 aromatic heterocycles. The van der Waals surface area contributed by atoms with Gasteiger partial charge in [0.15, 0.2) is 0 Å². The molecule has 0 saturated carbocycles. The lowest BCUT2D eigenvalue weighted by atomic mass is 9.87. The molecular weight excluding hydrogens is 300 g/mol. The summed E-state index contributed by atoms with van der Waals surface area (Å²) in [4.78, 5) is 11.9. The Bertz CT molecular complexity index is 921. The molecule has 0 amide bonds. The van der Waals surface area contributed by atoms with Crippen molar-refractivity contribution < 1.29 is 14.3 Å². The minimum atomic E-state index is -0.423. The fraction of sp³-hybridized carbons (Fsp3) is 0.286. The standard InChI is InChI=1S/C21H20O3/c1-5-17(22)24-21-14-7-6-11(2)8-16(14)20(23-4)18-13-9-12(3)15(10-13)19(18)21/h5-9,13,15H,1,10H2,2-4H3. The number of carbonyl (C=O) groups excluding carboxylic acids is 1. The normalized spacial score (nSPS) is 20.7. The van der Waals surface area contributed by atoms with Gasteiger partial charge in [0.05, 0.1) is 7.11 Å². The van der Waals surface area contributed by atoms with Gasteiger partial charge in [-0.1, -0.05) is 35.9 Å². The second-order valence-corrected chi connectivity index (χ2v) is 6.67. The van der Waals surface area contributed by atoms with Crippen LogP contribution in [0.5, 0.6) is 11.5 Å². The van der Waals surface area contributed by atoms with E-state index >= 15 is 0 Å². The lowest BCUT2D eigenvalue weighted by molar-refractivity contribution is -0.128. The van der Waals surface area contributed by atoms with E-state index in [0.29, 0.717) is 17.6 Å². The van der Waals surface area contributed by atoms with Crippen LogP contribution in [0, 0.1) is 6.92 Å². The first-order valence-corrected chi connectivity index (χ1v) is 8.21. The van der Waals surface area contributed by atoms with Crippen LogP contribution in [0.4, 0.5) is 0 Å². The molecule has 0 saturated heterocycles. The van der Waals surface area contributed by atoms with Crippen LogP contribution in [-0.4, -0.2) is 13.1 Å². The molecule has 2 aromatic carbocycles. The molecular formula is C21H20O3. The van der Waals surface area contributed by atoms with E-state index in [9.17, 15) is 4.79 Å². The molecule has 2 atom stereocenters. The summed E-state index contributed by atoms with van der Waals surface area (Å²) < 4.78 is 11.5. The van der Waals surface area contributed by atoms with Gasteiger partial charge in [0, 0.05) is 39.8 Å². The van der Waals surface area contributed by atoms with Gasteiger partial charge >= 0.3 is 5.97 Å². The largest absolute Gasteiger partial charge is 0.496 e. The van der Waals surface area contributed by atoms with Gasteiger partial charge in [-0.05, 0) is 26.3 Å². The van der Waals surface area contributed by atoms with E-state index in [1.54, 1.807) is 7.11 Å². The van der Waals surface area contributed by atoms with Gasteiger partial charge in [0.1, 0.15) is 11.5 Å². The second kappa shape index (κ2) is 5.23. The summed E-state index contributed by atoms with van der Waals surface area (Å²) in [6.45, 7) is 7.74. The number of hydrogen-bond acceptors (Lipinski definition) is 3. The van der Waals surface area contributed by atoms with Gasteiger partial charge < -0.3 is 9.47 Å². The highest BCUT2D eigenvalue weighted by molar-refractivity contribution is 6.00. The molecule has 3 heteroatoms. The zero-order chi connectivity index (χ0) is 17.0. The number of hydrogen-bond donors (Lipinski definition) is 0. The number of ether oxygens (including phenoxy) is 2. The predicted octanol–water partition coefficient (Wildman–Crippen LogP) is 4.78. The highest BCUT2D eigenvalue weighted by Gasteiger charge is 2.42. The summed E-state index contributed by atoms with van der Waals surface area (Å²) in [5.41, 5.74) is 4.79. The van der Waals surface area contributed by atoms with Crippen LogP contribution in [0.2, 0.25) is 0 Å². The molecule has 2 aliphatic carbocycles. The molecule has 0 aliphatic heterocycles. The van der Waals surface area contributed by atoms with Gasteiger partial charge in [0.2, 0.25) is 0 Å². The summed E-state index contributed by atoms with van der Waals surface area (Å²) in [5, 5.41) is 1.92. The van der Waals surface area contributed by atoms with Crippen molar-refractivity contribution in [3.05, 3.63) is 59.2 Å². The molecule has 0 spiro atoms. The van der Waals surface area contributed by atoms with Crippen molar-refractivity contribution >= 4 is 16.7 Å². The third kappa shape index (κ3) is 1.94. The lowest BCUT2D eigenvalue weighted by Gasteiger charge is -2.23. The molecule has 0 N–H and O–H groups in total. The summed E-state index contributed by atoms with van der Waals surface area (Å²) in [6, 6.07) is 6.15. The second-order valence-electron chi connectivity index (χ2n) is 6.67. The fourth-order valence-electron chi connectivity index (χ4n) is 4.25. The SMILES string of the molecule is C=CC(=O)Oc1c2c(c(OC)c3cc(C)ccc13)C1C=C(C)C2C1. The Kier molecular flexibility index (Phi) is 3.27. The molecule has 2 aliphatic rings. The number of allylic oxidation sites excluding steroid dienone is 2. The molecule has 122 valence electrons. The minimum absolute atomic E-state index is 0.303. The number of methoxy groups -OCH3 is 1. The van der Waals surface area contributed by atoms with E-state index in [4.69, 9.17) is 9.47 Å². The van der Waals surface area contributed by atoms with Gasteiger partial charge in [-0.3, -0.25) is 0 Å². The Balaban J connectivity index is 2.10. The molecule has 24 heavy (non-hydrogen) atoms. The third-order valence-electron chi connectivity index (χ3n) is 5.24. The first-order chi connectivity index (χ1) is 11.5. The highest BCUT2D eigenvalue weighted by Crippen LogP contribution is 2.60. The van der Waals surface area contributed by atoms with Gasteiger partial charge in [-0.2, -0.15) is 0 Å². The van der Waals surface area contributed by atoms with Crippen LogP contribution < -0.4 is 9.47 Å². The Morgan fingerprint density at radius 2 is 2.00 bits per heavy atom. The van der Waals surface area contributed by atoms with E-state index in [-0.39, 0.29) is 0 Å². The first-order valence-electron chi connectivity index (χ1n) is 8.21. The molecule has 4 rings (SSSR count). The van der Waals surface area contributed by atoms with E-state index < -0.39 is 5.97 Å². The molecule has 0 heterocycles. The Labute approximate surface area is 141 Å². The van der Waals surface area contributed by atoms with Crippen molar-refractivity contribution in [2.24, 2.45) is 0 Å². The van der Waals surface area contributed by atoms with Crippen molar-refractivity contribution in [2.75, 3.05) is 7.11 Å². The summed E-state index contributed by atoms with van der Waals surface area (Å²) in [5.74, 6) is 1.81. The number of carbonyl (C=O) groups is 1. The first kappa shape index (κ1) is 15.0. The van der Waals surface area contributed by atoms with Crippen molar-refractivity contribution in [2.45, 2.75) is 32.1 Å². The van der Waals surface area contributed by atoms with Gasteiger partial charge in [-0.25, -0.2) is 4.79 Å². The number of aryl methyl sites for hydroxylation is 1. The maximum Gasteiger partial charge on any atom is 0.335 e. The zero-order valence-corrected chi connectivity index (χ0v) is 14.2. The minimum Gasteiger partial charge on any atom is -0.496 e. The summed E-state index contributed by atoms with van der Waals surface area (Å²) in [7, 11) is 1.72. The van der Waals surface area contributed by atoms with Crippen molar-refractivity contribution in [1.29, 1.82) is 0 Å². The van der Waals surface area contributed by atoms with E-state index in [1.807, 2.05) is 12.1 Å². The van der Waals surface area contributed by atoms with E-state index in [2.05, 4.69) is 32.6 Å². The van der Waals surface area contributed by atoms with Crippen LogP contribution in [0.25, 0.3) is 10.8 Å². The van der Waals surface area contributed by atoms with Crippen LogP contribution in [0.1, 0.15) is 41.9 Å². The summed E-state index contributed by atoms with van der Waals surface area (Å²) in [6.07, 6.45) is 4.56. The molecule has 0 radical (unpaired) electrons. The summed E-state index contributed by atoms with van der Waals surface area (Å²) >= 11 is 0. The highest BCUT2D eigenvalue weighted by atomic mass is 16.5. The maximum atomic E-state index is 11.9. The van der Waals surface area contributed by atoms with Crippen LogP contribution >= 0.6 is 0 Å². The number of fused-ring (bicyclic) bond motifs is 6. The fourth-order valence-corrected chi connectivity index (χ4v) is 4.25. The average Bonchev–Trinajstić information content (AvgIpc) is 3.12. The van der Waals surface area contributed by atoms with Crippen LogP contribution in [0.15, 0.2) is 42.5 Å². The number of benzene rings is 2. The molecule has 2 unspecified atom stereocenters. The maximum absolute atomic E-state index is 11.9. The number of rotatable bonds is 3. The van der Waals surface area contributed by atoms with Crippen LogP contribution in [-0.2, 0) is 4.79 Å². The molecule has 2 aromatic rings. The quantitative estimate of drug-likeness (QED) is 0.353. The Hall–Kier alpha value is -2.55. The molecule has 2 bridgehead atoms. The lowest BCUT2D eigenvalue weighted by Crippen LogP contribution is -2.10. The zero-order valence-electron chi connectivity index (χ0n) is 14.2. The Morgan fingerprint density at radius 3 is 2.71 bits per heavy atom. The van der Waals surface area contributed by atoms with Gasteiger partial charge in [-0.15, -0.1) is 0 Å². The van der Waals surface area contributed by atoms with Gasteiger partial charge in [0.25, 0.3) is 0 Å². The van der Waals surface area contributed by atoms with Crippen molar-refractivity contribution in [3.8, 4) is 11.5 Å². The monoisotopic (exact) mass is 320 g/mol. The van der Waals surface area contributed by atoms with Crippen molar-refractivity contribution in [3.63, 3.8) is 0 Å².